The first kappa shape index (κ1) is 32.7. The van der Waals surface area contributed by atoms with Crippen LogP contribution in [0.3, 0.4) is 0 Å². The first-order valence-corrected chi connectivity index (χ1v) is 14.4. The van der Waals surface area contributed by atoms with E-state index in [0.29, 0.717) is 34.2 Å². The van der Waals surface area contributed by atoms with Gasteiger partial charge in [0.25, 0.3) is 0 Å². The lowest BCUT2D eigenvalue weighted by molar-refractivity contribution is 0.0679. The fourth-order valence-electron chi connectivity index (χ4n) is 4.98. The van der Waals surface area contributed by atoms with Gasteiger partial charge in [0.1, 0.15) is 22.8 Å². The maximum Gasteiger partial charge on any atom is 0.354 e. The Balaban J connectivity index is 1.62. The summed E-state index contributed by atoms with van der Waals surface area (Å²) in [5.41, 5.74) is 2.26. The van der Waals surface area contributed by atoms with E-state index in [4.69, 9.17) is 0 Å². The van der Waals surface area contributed by atoms with Gasteiger partial charge in [0.2, 0.25) is 0 Å². The van der Waals surface area contributed by atoms with E-state index in [1.54, 1.807) is 60.7 Å². The molecule has 0 radical (unpaired) electrons. The molecule has 5 rings (SSSR count). The molecule has 1 aromatic carbocycles. The van der Waals surface area contributed by atoms with Crippen molar-refractivity contribution in [3.05, 3.63) is 143 Å². The molecule has 4 N–H and O–H groups in total. The van der Waals surface area contributed by atoms with Crippen LogP contribution in [-0.4, -0.2) is 64.2 Å². The van der Waals surface area contributed by atoms with Gasteiger partial charge in [-0.2, -0.15) is 0 Å². The SMILES string of the molecule is O=C(O)c1cccc(CN(Cc2cccc(C(=O)O)n2)c2ccccc2N(Cc2cccc(C(=O)O)n2)Cc2cccc(C(=O)O)n2)n1. The molecule has 242 valence electrons. The summed E-state index contributed by atoms with van der Waals surface area (Å²) in [7, 11) is 0. The van der Waals surface area contributed by atoms with Crippen LogP contribution in [0, 0.1) is 0 Å². The van der Waals surface area contributed by atoms with Gasteiger partial charge in [-0.3, -0.25) is 0 Å². The molecule has 5 aromatic rings. The molecule has 0 aliphatic rings. The summed E-state index contributed by atoms with van der Waals surface area (Å²) in [6, 6.07) is 25.7. The topological polar surface area (TPSA) is 207 Å². The molecule has 0 bridgehead atoms. The molecule has 0 atom stereocenters. The Kier molecular flexibility index (Phi) is 9.94. The quantitative estimate of drug-likeness (QED) is 0.131. The van der Waals surface area contributed by atoms with Gasteiger partial charge in [0, 0.05) is 0 Å². The summed E-state index contributed by atoms with van der Waals surface area (Å²) in [5, 5.41) is 38.2. The van der Waals surface area contributed by atoms with Crippen molar-refractivity contribution in [2.24, 2.45) is 0 Å². The summed E-state index contributed by atoms with van der Waals surface area (Å²) in [6.45, 7) is 0.351. The predicted octanol–water partition coefficient (Wildman–Crippen LogP) is 4.47. The van der Waals surface area contributed by atoms with Crippen LogP contribution >= 0.6 is 0 Å². The van der Waals surface area contributed by atoms with Gasteiger partial charge >= 0.3 is 23.9 Å². The molecular weight excluding hydrogens is 620 g/mol. The number of aromatic nitrogens is 4. The highest BCUT2D eigenvalue weighted by Crippen LogP contribution is 2.33. The maximum absolute atomic E-state index is 11.7. The van der Waals surface area contributed by atoms with Crippen molar-refractivity contribution in [1.29, 1.82) is 0 Å². The normalized spacial score (nSPS) is 10.7. The zero-order chi connectivity index (χ0) is 34.2. The van der Waals surface area contributed by atoms with E-state index in [1.807, 2.05) is 21.9 Å². The van der Waals surface area contributed by atoms with E-state index in [0.717, 1.165) is 0 Å². The second kappa shape index (κ2) is 14.6. The number of anilines is 2. The number of benzene rings is 1. The van der Waals surface area contributed by atoms with Crippen LogP contribution in [0.5, 0.6) is 0 Å². The van der Waals surface area contributed by atoms with Gasteiger partial charge < -0.3 is 30.2 Å². The third-order valence-corrected chi connectivity index (χ3v) is 7.08. The molecule has 48 heavy (non-hydrogen) atoms. The van der Waals surface area contributed by atoms with Crippen molar-refractivity contribution < 1.29 is 39.6 Å². The summed E-state index contributed by atoms with van der Waals surface area (Å²) < 4.78 is 0. The van der Waals surface area contributed by atoms with Crippen LogP contribution in [0.2, 0.25) is 0 Å². The number of rotatable bonds is 14. The van der Waals surface area contributed by atoms with Gasteiger partial charge in [-0.1, -0.05) is 36.4 Å². The van der Waals surface area contributed by atoms with E-state index >= 15 is 0 Å². The summed E-state index contributed by atoms with van der Waals surface area (Å²) in [5.74, 6) is -4.79. The minimum atomic E-state index is -1.20. The van der Waals surface area contributed by atoms with Crippen LogP contribution < -0.4 is 9.80 Å². The van der Waals surface area contributed by atoms with Crippen molar-refractivity contribution in [2.75, 3.05) is 9.80 Å². The average molecular weight is 649 g/mol. The minimum Gasteiger partial charge on any atom is -0.477 e. The Morgan fingerprint density at radius 3 is 0.875 bits per heavy atom. The molecule has 0 saturated heterocycles. The van der Waals surface area contributed by atoms with Crippen LogP contribution in [0.1, 0.15) is 64.7 Å². The molecule has 0 fully saturated rings. The van der Waals surface area contributed by atoms with E-state index in [1.165, 1.54) is 24.3 Å². The molecule has 14 heteroatoms. The number of carbonyl (C=O) groups is 4. The zero-order valence-electron chi connectivity index (χ0n) is 25.2. The Bertz CT molecular complexity index is 1740. The number of hydrogen-bond acceptors (Lipinski definition) is 10. The highest BCUT2D eigenvalue weighted by Gasteiger charge is 2.21. The number of hydrogen-bond donors (Lipinski definition) is 4. The standard InChI is InChI=1S/C34H28N6O8/c41-31(42)25-11-3-7-21(35-25)17-39(18-22-8-4-12-26(36-22)32(43)44)29-15-1-2-16-30(29)40(19-23-9-5-13-27(37-23)33(45)46)20-24-10-6-14-28(38-24)34(47)48/h1-16H,17-20H2,(H,41,42)(H,43,44)(H,45,46)(H,47,48). The minimum absolute atomic E-state index is 0.0877. The number of nitrogens with zero attached hydrogens (tertiary/aromatic N) is 6. The molecule has 0 spiro atoms. The third-order valence-electron chi connectivity index (χ3n) is 7.08. The van der Waals surface area contributed by atoms with Crippen LogP contribution in [0.4, 0.5) is 11.4 Å². The largest absolute Gasteiger partial charge is 0.477 e. The van der Waals surface area contributed by atoms with E-state index in [-0.39, 0.29) is 49.0 Å². The number of para-hydroxylation sites is 2. The van der Waals surface area contributed by atoms with Crippen molar-refractivity contribution in [2.45, 2.75) is 26.2 Å². The van der Waals surface area contributed by atoms with Crippen molar-refractivity contribution in [1.82, 2.24) is 19.9 Å². The fraction of sp³-hybridized carbons (Fsp3) is 0.118. The number of pyridine rings is 4. The van der Waals surface area contributed by atoms with Crippen molar-refractivity contribution in [3.8, 4) is 0 Å². The summed E-state index contributed by atoms with van der Waals surface area (Å²) in [4.78, 5) is 67.6. The molecule has 0 saturated carbocycles. The Hall–Kier alpha value is -6.70. The monoisotopic (exact) mass is 648 g/mol. The zero-order valence-corrected chi connectivity index (χ0v) is 25.2. The molecule has 0 aliphatic carbocycles. The van der Waals surface area contributed by atoms with Crippen molar-refractivity contribution in [3.63, 3.8) is 0 Å². The Labute approximate surface area is 273 Å². The molecular formula is C34H28N6O8. The molecule has 0 unspecified atom stereocenters. The van der Waals surface area contributed by atoms with E-state index in [2.05, 4.69) is 19.9 Å². The third kappa shape index (κ3) is 8.11. The predicted molar refractivity (Wildman–Crippen MR) is 171 cm³/mol. The highest BCUT2D eigenvalue weighted by atomic mass is 16.4. The van der Waals surface area contributed by atoms with E-state index in [9.17, 15) is 39.6 Å². The Morgan fingerprint density at radius 1 is 0.396 bits per heavy atom. The van der Waals surface area contributed by atoms with Gasteiger partial charge in [-0.05, 0) is 60.7 Å². The average Bonchev–Trinajstić information content (AvgIpc) is 3.08. The van der Waals surface area contributed by atoms with Gasteiger partial charge in [0.05, 0.1) is 60.3 Å². The lowest BCUT2D eigenvalue weighted by Crippen LogP contribution is -2.29. The lowest BCUT2D eigenvalue weighted by atomic mass is 10.1. The van der Waals surface area contributed by atoms with E-state index < -0.39 is 23.9 Å². The number of carboxylic acids is 4. The Morgan fingerprint density at radius 2 is 0.646 bits per heavy atom. The summed E-state index contributed by atoms with van der Waals surface area (Å²) in [6.07, 6.45) is 0. The van der Waals surface area contributed by atoms with Gasteiger partial charge in [-0.25, -0.2) is 39.1 Å². The maximum atomic E-state index is 11.7. The summed E-state index contributed by atoms with van der Waals surface area (Å²) >= 11 is 0. The molecule has 4 aromatic heterocycles. The number of carboxylic acid groups (broad SMARTS) is 4. The molecule has 4 heterocycles. The molecule has 0 aliphatic heterocycles. The first-order valence-electron chi connectivity index (χ1n) is 14.4. The first-order chi connectivity index (χ1) is 23.1. The van der Waals surface area contributed by atoms with Crippen molar-refractivity contribution >= 4 is 35.3 Å². The van der Waals surface area contributed by atoms with Crippen LogP contribution in [0.15, 0.2) is 97.1 Å². The smallest absolute Gasteiger partial charge is 0.354 e. The molecule has 14 nitrogen and oxygen atoms in total. The van der Waals surface area contributed by atoms with Gasteiger partial charge in [0.15, 0.2) is 0 Å². The lowest BCUT2D eigenvalue weighted by Gasteiger charge is -2.32. The van der Waals surface area contributed by atoms with Crippen LogP contribution in [-0.2, 0) is 26.2 Å². The fourth-order valence-corrected chi connectivity index (χ4v) is 4.98. The van der Waals surface area contributed by atoms with Crippen LogP contribution in [0.25, 0.3) is 0 Å². The second-order valence-corrected chi connectivity index (χ2v) is 10.5. The number of aromatic carboxylic acids is 4. The van der Waals surface area contributed by atoms with Gasteiger partial charge in [-0.15, -0.1) is 0 Å². The molecule has 0 amide bonds. The highest BCUT2D eigenvalue weighted by molar-refractivity contribution is 5.86. The second-order valence-electron chi connectivity index (χ2n) is 10.5.